The first-order valence-corrected chi connectivity index (χ1v) is 7.67. The maximum Gasteiger partial charge on any atom is 0.220 e. The number of carbonyl (C=O) groups excluding carboxylic acids is 1. The standard InChI is InChI=1S/C17H22N2O3/c1-19-10-13(14-4-2-3-5-15(14)19)6-7-16(20)18-11-17(21)8-9-22-12-17/h2-5,10,21H,6-9,11-12H2,1H3,(H,18,20)/t17-/m0/s1. The van der Waals surface area contributed by atoms with Gasteiger partial charge in [0.1, 0.15) is 5.60 Å². The predicted octanol–water partition coefficient (Wildman–Crippen LogP) is 1.38. The topological polar surface area (TPSA) is 63.5 Å². The van der Waals surface area contributed by atoms with E-state index in [0.29, 0.717) is 32.5 Å². The summed E-state index contributed by atoms with van der Waals surface area (Å²) in [6.45, 7) is 1.13. The maximum atomic E-state index is 12.0. The molecule has 1 aliphatic heterocycles. The normalized spacial score (nSPS) is 21.4. The number of nitrogens with one attached hydrogen (secondary N) is 1. The Hall–Kier alpha value is -1.85. The van der Waals surface area contributed by atoms with Crippen molar-refractivity contribution < 1.29 is 14.6 Å². The average molecular weight is 302 g/mol. The Balaban J connectivity index is 1.56. The van der Waals surface area contributed by atoms with Gasteiger partial charge in [-0.3, -0.25) is 4.79 Å². The zero-order valence-electron chi connectivity index (χ0n) is 12.8. The van der Waals surface area contributed by atoms with E-state index in [0.717, 1.165) is 0 Å². The number of ether oxygens (including phenoxy) is 1. The van der Waals surface area contributed by atoms with Crippen molar-refractivity contribution in [1.82, 2.24) is 9.88 Å². The molecular weight excluding hydrogens is 280 g/mol. The summed E-state index contributed by atoms with van der Waals surface area (Å²) >= 11 is 0. The summed E-state index contributed by atoms with van der Waals surface area (Å²) in [7, 11) is 2.02. The Morgan fingerprint density at radius 2 is 2.27 bits per heavy atom. The lowest BCUT2D eigenvalue weighted by Crippen LogP contribution is -2.43. The van der Waals surface area contributed by atoms with E-state index in [1.807, 2.05) is 19.2 Å². The number of para-hydroxylation sites is 1. The second-order valence-electron chi connectivity index (χ2n) is 6.09. The second kappa shape index (κ2) is 6.10. The highest BCUT2D eigenvalue weighted by atomic mass is 16.5. The van der Waals surface area contributed by atoms with Crippen LogP contribution in [-0.2, 0) is 23.0 Å². The number of aromatic nitrogens is 1. The Labute approximate surface area is 129 Å². The summed E-state index contributed by atoms with van der Waals surface area (Å²) in [4.78, 5) is 12.0. The Morgan fingerprint density at radius 3 is 3.05 bits per heavy atom. The fraction of sp³-hybridized carbons (Fsp3) is 0.471. The van der Waals surface area contributed by atoms with E-state index in [2.05, 4.69) is 28.2 Å². The minimum absolute atomic E-state index is 0.0340. The van der Waals surface area contributed by atoms with Crippen molar-refractivity contribution in [3.05, 3.63) is 36.0 Å². The van der Waals surface area contributed by atoms with E-state index < -0.39 is 5.60 Å². The van der Waals surface area contributed by atoms with Crippen LogP contribution in [0.15, 0.2) is 30.5 Å². The summed E-state index contributed by atoms with van der Waals surface area (Å²) in [6, 6.07) is 8.19. The summed E-state index contributed by atoms with van der Waals surface area (Å²) in [6.07, 6.45) is 3.78. The van der Waals surface area contributed by atoms with Crippen molar-refractivity contribution >= 4 is 16.8 Å². The van der Waals surface area contributed by atoms with Crippen LogP contribution in [0, 0.1) is 0 Å². The first kappa shape index (κ1) is 15.1. The highest BCUT2D eigenvalue weighted by Crippen LogP contribution is 2.21. The van der Waals surface area contributed by atoms with E-state index in [9.17, 15) is 9.90 Å². The molecular formula is C17H22N2O3. The number of amides is 1. The van der Waals surface area contributed by atoms with Gasteiger partial charge < -0.3 is 19.7 Å². The number of benzene rings is 1. The Bertz CT molecular complexity index is 672. The molecule has 5 heteroatoms. The fourth-order valence-corrected chi connectivity index (χ4v) is 2.96. The average Bonchev–Trinajstić information content (AvgIpc) is 3.09. The number of hydrogen-bond donors (Lipinski definition) is 2. The zero-order valence-corrected chi connectivity index (χ0v) is 12.8. The van der Waals surface area contributed by atoms with Crippen LogP contribution < -0.4 is 5.32 Å². The molecule has 0 bridgehead atoms. The predicted molar refractivity (Wildman–Crippen MR) is 84.6 cm³/mol. The van der Waals surface area contributed by atoms with Gasteiger partial charge in [0.05, 0.1) is 6.61 Å². The van der Waals surface area contributed by atoms with Gasteiger partial charge in [0.2, 0.25) is 5.91 Å². The molecule has 2 N–H and O–H groups in total. The Morgan fingerprint density at radius 1 is 1.45 bits per heavy atom. The number of rotatable bonds is 5. The number of aliphatic hydroxyl groups is 1. The molecule has 0 saturated carbocycles. The van der Waals surface area contributed by atoms with E-state index in [-0.39, 0.29) is 12.5 Å². The van der Waals surface area contributed by atoms with Crippen molar-refractivity contribution in [3.63, 3.8) is 0 Å². The zero-order chi connectivity index (χ0) is 15.6. The highest BCUT2D eigenvalue weighted by Gasteiger charge is 2.32. The molecule has 2 aromatic rings. The lowest BCUT2D eigenvalue weighted by molar-refractivity contribution is -0.122. The van der Waals surface area contributed by atoms with Crippen molar-refractivity contribution in [1.29, 1.82) is 0 Å². The van der Waals surface area contributed by atoms with Gasteiger partial charge >= 0.3 is 0 Å². The van der Waals surface area contributed by atoms with Crippen LogP contribution in [0.3, 0.4) is 0 Å². The third-order valence-corrected chi connectivity index (χ3v) is 4.30. The van der Waals surface area contributed by atoms with Gasteiger partial charge in [-0.1, -0.05) is 18.2 Å². The minimum Gasteiger partial charge on any atom is -0.386 e. The van der Waals surface area contributed by atoms with Gasteiger partial charge in [-0.05, 0) is 18.1 Å². The molecule has 3 rings (SSSR count). The molecule has 1 aliphatic rings. The van der Waals surface area contributed by atoms with Gasteiger partial charge in [-0.25, -0.2) is 0 Å². The van der Waals surface area contributed by atoms with Crippen molar-refractivity contribution in [2.45, 2.75) is 24.9 Å². The number of carbonyl (C=O) groups is 1. The summed E-state index contributed by atoms with van der Waals surface area (Å²) in [5.41, 5.74) is 1.46. The molecule has 0 radical (unpaired) electrons. The SMILES string of the molecule is Cn1cc(CCC(=O)NC[C@@]2(O)CCOC2)c2ccccc21. The third-order valence-electron chi connectivity index (χ3n) is 4.30. The van der Waals surface area contributed by atoms with Crippen LogP contribution in [-0.4, -0.2) is 40.9 Å². The van der Waals surface area contributed by atoms with Crippen LogP contribution >= 0.6 is 0 Å². The number of hydrogen-bond acceptors (Lipinski definition) is 3. The highest BCUT2D eigenvalue weighted by molar-refractivity contribution is 5.84. The fourth-order valence-electron chi connectivity index (χ4n) is 2.96. The van der Waals surface area contributed by atoms with E-state index in [4.69, 9.17) is 4.74 Å². The molecule has 1 atom stereocenters. The third kappa shape index (κ3) is 3.15. The van der Waals surface area contributed by atoms with Gasteiger partial charge in [0, 0.05) is 50.1 Å². The Kier molecular flexibility index (Phi) is 4.18. The monoisotopic (exact) mass is 302 g/mol. The molecule has 1 fully saturated rings. The molecule has 1 aromatic heterocycles. The first-order chi connectivity index (χ1) is 10.6. The van der Waals surface area contributed by atoms with Gasteiger partial charge in [-0.2, -0.15) is 0 Å². The summed E-state index contributed by atoms with van der Waals surface area (Å²) in [5, 5.41) is 14.1. The van der Waals surface area contributed by atoms with E-state index >= 15 is 0 Å². The van der Waals surface area contributed by atoms with Gasteiger partial charge in [-0.15, -0.1) is 0 Å². The van der Waals surface area contributed by atoms with Crippen LogP contribution in [0.4, 0.5) is 0 Å². The molecule has 2 heterocycles. The van der Waals surface area contributed by atoms with Gasteiger partial charge in [0.25, 0.3) is 0 Å². The molecule has 1 aromatic carbocycles. The summed E-state index contributed by atoms with van der Waals surface area (Å²) in [5.74, 6) is -0.0340. The molecule has 0 aliphatic carbocycles. The molecule has 22 heavy (non-hydrogen) atoms. The molecule has 1 saturated heterocycles. The maximum absolute atomic E-state index is 12.0. The molecule has 0 spiro atoms. The van der Waals surface area contributed by atoms with Crippen LogP contribution in [0.2, 0.25) is 0 Å². The summed E-state index contributed by atoms with van der Waals surface area (Å²) < 4.78 is 7.25. The van der Waals surface area contributed by atoms with E-state index in [1.54, 1.807) is 0 Å². The van der Waals surface area contributed by atoms with Crippen LogP contribution in [0.5, 0.6) is 0 Å². The first-order valence-electron chi connectivity index (χ1n) is 7.67. The van der Waals surface area contributed by atoms with Gasteiger partial charge in [0.15, 0.2) is 0 Å². The van der Waals surface area contributed by atoms with Crippen molar-refractivity contribution in [2.24, 2.45) is 7.05 Å². The molecule has 0 unspecified atom stereocenters. The van der Waals surface area contributed by atoms with Crippen LogP contribution in [0.1, 0.15) is 18.4 Å². The number of aryl methyl sites for hydroxylation is 2. The largest absolute Gasteiger partial charge is 0.386 e. The van der Waals surface area contributed by atoms with E-state index in [1.165, 1.54) is 16.5 Å². The lowest BCUT2D eigenvalue weighted by Gasteiger charge is -2.20. The molecule has 1 amide bonds. The minimum atomic E-state index is -0.894. The van der Waals surface area contributed by atoms with Crippen LogP contribution in [0.25, 0.3) is 10.9 Å². The lowest BCUT2D eigenvalue weighted by atomic mass is 10.0. The smallest absolute Gasteiger partial charge is 0.220 e. The second-order valence-corrected chi connectivity index (χ2v) is 6.09. The number of nitrogens with zero attached hydrogens (tertiary/aromatic N) is 1. The quantitative estimate of drug-likeness (QED) is 0.877. The van der Waals surface area contributed by atoms with Crippen molar-refractivity contribution in [2.75, 3.05) is 19.8 Å². The van der Waals surface area contributed by atoms with Crippen molar-refractivity contribution in [3.8, 4) is 0 Å². The number of fused-ring (bicyclic) bond motifs is 1. The molecule has 5 nitrogen and oxygen atoms in total. The molecule has 118 valence electrons.